The van der Waals surface area contributed by atoms with Gasteiger partial charge in [-0.2, -0.15) is 5.10 Å². The van der Waals surface area contributed by atoms with Crippen LogP contribution in [0.15, 0.2) is 102 Å². The predicted octanol–water partition coefficient (Wildman–Crippen LogP) is 5.93. The maximum atomic E-state index is 12.1. The largest absolute Gasteiger partial charge is 0.311 e. The SMILES string of the molecule is Cc1ccc(N(c2ccc(C)cc2)c2ccc(/C=N/NC(=O)c3cccnc3)cc2)cc1. The van der Waals surface area contributed by atoms with Gasteiger partial charge >= 0.3 is 0 Å². The number of hydrogen-bond acceptors (Lipinski definition) is 4. The van der Waals surface area contributed by atoms with Crippen LogP contribution in [0.25, 0.3) is 0 Å². The van der Waals surface area contributed by atoms with Crippen LogP contribution in [-0.4, -0.2) is 17.1 Å². The van der Waals surface area contributed by atoms with E-state index in [1.807, 2.05) is 24.3 Å². The minimum atomic E-state index is -0.295. The third-order valence-corrected chi connectivity index (χ3v) is 5.04. The Kier molecular flexibility index (Phi) is 6.37. The molecule has 0 bridgehead atoms. The van der Waals surface area contributed by atoms with E-state index in [1.54, 1.807) is 24.5 Å². The van der Waals surface area contributed by atoms with Crippen molar-refractivity contribution in [3.63, 3.8) is 0 Å². The van der Waals surface area contributed by atoms with Gasteiger partial charge in [0, 0.05) is 29.5 Å². The number of aryl methyl sites for hydroxylation is 2. The van der Waals surface area contributed by atoms with Crippen molar-refractivity contribution in [2.75, 3.05) is 4.90 Å². The van der Waals surface area contributed by atoms with Gasteiger partial charge in [-0.3, -0.25) is 9.78 Å². The number of nitrogens with one attached hydrogen (secondary N) is 1. The van der Waals surface area contributed by atoms with Gasteiger partial charge in [-0.25, -0.2) is 5.43 Å². The van der Waals surface area contributed by atoms with Crippen molar-refractivity contribution in [3.05, 3.63) is 120 Å². The zero-order chi connectivity index (χ0) is 22.3. The molecule has 5 heteroatoms. The highest BCUT2D eigenvalue weighted by atomic mass is 16.2. The van der Waals surface area contributed by atoms with Crippen molar-refractivity contribution < 1.29 is 4.79 Å². The molecule has 0 saturated heterocycles. The van der Waals surface area contributed by atoms with Gasteiger partial charge < -0.3 is 4.90 Å². The fourth-order valence-corrected chi connectivity index (χ4v) is 3.27. The molecule has 0 saturated carbocycles. The van der Waals surface area contributed by atoms with E-state index in [4.69, 9.17) is 0 Å². The van der Waals surface area contributed by atoms with Crippen LogP contribution >= 0.6 is 0 Å². The minimum Gasteiger partial charge on any atom is -0.311 e. The number of pyridine rings is 1. The van der Waals surface area contributed by atoms with Crippen LogP contribution < -0.4 is 10.3 Å². The lowest BCUT2D eigenvalue weighted by Crippen LogP contribution is -2.17. The molecule has 0 atom stereocenters. The van der Waals surface area contributed by atoms with E-state index in [1.165, 1.54) is 17.3 Å². The monoisotopic (exact) mass is 420 g/mol. The number of carbonyl (C=O) groups is 1. The summed E-state index contributed by atoms with van der Waals surface area (Å²) < 4.78 is 0. The molecular formula is C27H24N4O. The van der Waals surface area contributed by atoms with E-state index in [2.05, 4.69) is 82.8 Å². The van der Waals surface area contributed by atoms with E-state index in [0.717, 1.165) is 22.6 Å². The average Bonchev–Trinajstić information content (AvgIpc) is 2.83. The first kappa shape index (κ1) is 21.0. The van der Waals surface area contributed by atoms with Crippen molar-refractivity contribution in [2.45, 2.75) is 13.8 Å². The molecule has 0 fully saturated rings. The zero-order valence-electron chi connectivity index (χ0n) is 18.1. The average molecular weight is 421 g/mol. The van der Waals surface area contributed by atoms with Gasteiger partial charge in [0.05, 0.1) is 11.8 Å². The summed E-state index contributed by atoms with van der Waals surface area (Å²) in [5, 5.41) is 4.06. The fourth-order valence-electron chi connectivity index (χ4n) is 3.27. The second kappa shape index (κ2) is 9.71. The van der Waals surface area contributed by atoms with Crippen molar-refractivity contribution in [1.82, 2.24) is 10.4 Å². The van der Waals surface area contributed by atoms with Gasteiger partial charge in [-0.05, 0) is 67.9 Å². The molecule has 4 aromatic rings. The van der Waals surface area contributed by atoms with Gasteiger partial charge in [0.1, 0.15) is 0 Å². The van der Waals surface area contributed by atoms with Gasteiger partial charge in [-0.15, -0.1) is 0 Å². The number of benzene rings is 3. The zero-order valence-corrected chi connectivity index (χ0v) is 18.1. The molecule has 5 nitrogen and oxygen atoms in total. The van der Waals surface area contributed by atoms with Gasteiger partial charge in [0.2, 0.25) is 0 Å². The number of anilines is 3. The summed E-state index contributed by atoms with van der Waals surface area (Å²) in [6.07, 6.45) is 4.75. The third kappa shape index (κ3) is 5.08. The summed E-state index contributed by atoms with van der Waals surface area (Å²) in [6, 6.07) is 28.4. The molecule has 0 spiro atoms. The molecule has 1 aromatic heterocycles. The lowest BCUT2D eigenvalue weighted by Gasteiger charge is -2.25. The van der Waals surface area contributed by atoms with Crippen LogP contribution in [0.4, 0.5) is 17.1 Å². The third-order valence-electron chi connectivity index (χ3n) is 5.04. The maximum absolute atomic E-state index is 12.1. The summed E-state index contributed by atoms with van der Waals surface area (Å²) in [7, 11) is 0. The second-order valence-electron chi connectivity index (χ2n) is 7.54. The molecule has 1 N–H and O–H groups in total. The van der Waals surface area contributed by atoms with Crippen LogP contribution in [0.2, 0.25) is 0 Å². The Morgan fingerprint density at radius 3 is 1.84 bits per heavy atom. The molecule has 0 aliphatic rings. The standard InChI is InChI=1S/C27H24N4O/c1-20-5-11-24(12-6-20)31(25-13-7-21(2)8-14-25)26-15-9-22(10-16-26)18-29-30-27(32)23-4-3-17-28-19-23/h3-19H,1-2H3,(H,30,32)/b29-18+. The molecule has 1 amide bonds. The molecule has 3 aromatic carbocycles. The first-order valence-corrected chi connectivity index (χ1v) is 10.4. The summed E-state index contributed by atoms with van der Waals surface area (Å²) >= 11 is 0. The molecule has 32 heavy (non-hydrogen) atoms. The van der Waals surface area contributed by atoms with Gasteiger partial charge in [-0.1, -0.05) is 47.5 Å². The van der Waals surface area contributed by atoms with Gasteiger partial charge in [0.25, 0.3) is 5.91 Å². The molecule has 1 heterocycles. The van der Waals surface area contributed by atoms with E-state index in [9.17, 15) is 4.79 Å². The maximum Gasteiger partial charge on any atom is 0.272 e. The van der Waals surface area contributed by atoms with E-state index < -0.39 is 0 Å². The lowest BCUT2D eigenvalue weighted by atomic mass is 10.1. The van der Waals surface area contributed by atoms with Crippen LogP contribution in [0.1, 0.15) is 27.0 Å². The van der Waals surface area contributed by atoms with E-state index in [0.29, 0.717) is 5.56 Å². The smallest absolute Gasteiger partial charge is 0.272 e. The summed E-state index contributed by atoms with van der Waals surface area (Å²) in [5.74, 6) is -0.295. The Labute approximate surface area is 188 Å². The first-order valence-electron chi connectivity index (χ1n) is 10.4. The van der Waals surface area contributed by atoms with Crippen molar-refractivity contribution in [2.24, 2.45) is 5.10 Å². The van der Waals surface area contributed by atoms with Crippen LogP contribution in [-0.2, 0) is 0 Å². The molecule has 0 aliphatic heterocycles. The van der Waals surface area contributed by atoms with Crippen molar-refractivity contribution in [3.8, 4) is 0 Å². The van der Waals surface area contributed by atoms with E-state index in [-0.39, 0.29) is 5.91 Å². The fraction of sp³-hybridized carbons (Fsp3) is 0.0741. The Morgan fingerprint density at radius 2 is 1.34 bits per heavy atom. The van der Waals surface area contributed by atoms with Crippen LogP contribution in [0.5, 0.6) is 0 Å². The number of carbonyl (C=O) groups excluding carboxylic acids is 1. The highest BCUT2D eigenvalue weighted by Gasteiger charge is 2.12. The molecule has 0 unspecified atom stereocenters. The predicted molar refractivity (Wildman–Crippen MR) is 130 cm³/mol. The highest BCUT2D eigenvalue weighted by molar-refractivity contribution is 5.94. The lowest BCUT2D eigenvalue weighted by molar-refractivity contribution is 0.0955. The number of amides is 1. The topological polar surface area (TPSA) is 57.6 Å². The molecular weight excluding hydrogens is 396 g/mol. The summed E-state index contributed by atoms with van der Waals surface area (Å²) in [4.78, 5) is 18.2. The molecule has 158 valence electrons. The number of rotatable bonds is 6. The van der Waals surface area contributed by atoms with Crippen molar-refractivity contribution >= 4 is 29.2 Å². The molecule has 0 radical (unpaired) electrons. The van der Waals surface area contributed by atoms with Gasteiger partial charge in [0.15, 0.2) is 0 Å². The normalized spacial score (nSPS) is 10.8. The second-order valence-corrected chi connectivity index (χ2v) is 7.54. The number of aromatic nitrogens is 1. The summed E-state index contributed by atoms with van der Waals surface area (Å²) in [6.45, 7) is 4.17. The number of nitrogens with zero attached hydrogens (tertiary/aromatic N) is 3. The summed E-state index contributed by atoms with van der Waals surface area (Å²) in [5.41, 5.74) is 9.53. The quantitative estimate of drug-likeness (QED) is 0.311. The van der Waals surface area contributed by atoms with E-state index >= 15 is 0 Å². The van der Waals surface area contributed by atoms with Crippen LogP contribution in [0, 0.1) is 13.8 Å². The van der Waals surface area contributed by atoms with Crippen LogP contribution in [0.3, 0.4) is 0 Å². The minimum absolute atomic E-state index is 0.295. The Bertz CT molecular complexity index is 1150. The molecule has 4 rings (SSSR count). The van der Waals surface area contributed by atoms with Crippen molar-refractivity contribution in [1.29, 1.82) is 0 Å². The number of hydrazone groups is 1. The first-order chi connectivity index (χ1) is 15.6. The Balaban J connectivity index is 1.54. The number of hydrogen-bond donors (Lipinski definition) is 1. The Morgan fingerprint density at radius 1 is 0.812 bits per heavy atom. The Hall–Kier alpha value is -4.25. The highest BCUT2D eigenvalue weighted by Crippen LogP contribution is 2.34. The molecule has 0 aliphatic carbocycles.